The van der Waals surface area contributed by atoms with Crippen LogP contribution in [-0.4, -0.2) is 23.2 Å². The van der Waals surface area contributed by atoms with Crippen molar-refractivity contribution in [1.29, 1.82) is 0 Å². The molecule has 1 aromatic heterocycles. The SMILES string of the molecule is CCc1noc([C@@H]2CCNC2)n1. The largest absolute Gasteiger partial charge is 0.339 e. The maximum Gasteiger partial charge on any atom is 0.231 e. The zero-order valence-corrected chi connectivity index (χ0v) is 7.21. The highest BCUT2D eigenvalue weighted by molar-refractivity contribution is 4.97. The number of hydrogen-bond acceptors (Lipinski definition) is 4. The van der Waals surface area contributed by atoms with Crippen LogP contribution in [0.2, 0.25) is 0 Å². The Kier molecular flexibility index (Phi) is 2.08. The molecule has 12 heavy (non-hydrogen) atoms. The Bertz CT molecular complexity index is 253. The van der Waals surface area contributed by atoms with Crippen LogP contribution in [0, 0.1) is 0 Å². The summed E-state index contributed by atoms with van der Waals surface area (Å²) in [7, 11) is 0. The molecule has 2 heterocycles. The van der Waals surface area contributed by atoms with E-state index in [1.165, 1.54) is 0 Å². The third-order valence-corrected chi connectivity index (χ3v) is 2.21. The quantitative estimate of drug-likeness (QED) is 0.704. The van der Waals surface area contributed by atoms with E-state index >= 15 is 0 Å². The highest BCUT2D eigenvalue weighted by Crippen LogP contribution is 2.19. The van der Waals surface area contributed by atoms with Crippen LogP contribution in [0.3, 0.4) is 0 Å². The molecule has 0 aromatic carbocycles. The number of hydrogen-bond donors (Lipinski definition) is 1. The predicted molar refractivity (Wildman–Crippen MR) is 43.9 cm³/mol. The molecule has 1 aromatic rings. The normalized spacial score (nSPS) is 23.2. The van der Waals surface area contributed by atoms with Gasteiger partial charge in [0.2, 0.25) is 5.89 Å². The Labute approximate surface area is 71.4 Å². The lowest BCUT2D eigenvalue weighted by Crippen LogP contribution is -2.08. The van der Waals surface area contributed by atoms with Crippen LogP contribution in [0.1, 0.15) is 31.0 Å². The summed E-state index contributed by atoms with van der Waals surface area (Å²) >= 11 is 0. The molecule has 4 heteroatoms. The van der Waals surface area contributed by atoms with Crippen molar-refractivity contribution in [3.63, 3.8) is 0 Å². The molecule has 0 saturated carbocycles. The lowest BCUT2D eigenvalue weighted by atomic mass is 10.1. The van der Waals surface area contributed by atoms with E-state index in [-0.39, 0.29) is 0 Å². The van der Waals surface area contributed by atoms with Crippen molar-refractivity contribution in [2.75, 3.05) is 13.1 Å². The van der Waals surface area contributed by atoms with Gasteiger partial charge in [-0.15, -0.1) is 0 Å². The van der Waals surface area contributed by atoms with Crippen molar-refractivity contribution in [3.8, 4) is 0 Å². The summed E-state index contributed by atoms with van der Waals surface area (Å²) < 4.78 is 5.14. The number of nitrogens with one attached hydrogen (secondary N) is 1. The number of rotatable bonds is 2. The topological polar surface area (TPSA) is 51.0 Å². The van der Waals surface area contributed by atoms with E-state index in [1.807, 2.05) is 6.92 Å². The first-order valence-electron chi connectivity index (χ1n) is 4.43. The molecule has 1 fully saturated rings. The predicted octanol–water partition coefficient (Wildman–Crippen LogP) is 0.709. The lowest BCUT2D eigenvalue weighted by Gasteiger charge is -1.98. The van der Waals surface area contributed by atoms with Gasteiger partial charge in [-0.2, -0.15) is 4.98 Å². The van der Waals surface area contributed by atoms with E-state index in [0.29, 0.717) is 5.92 Å². The molecule has 0 unspecified atom stereocenters. The average Bonchev–Trinajstić information content (AvgIpc) is 2.75. The van der Waals surface area contributed by atoms with Crippen LogP contribution in [-0.2, 0) is 6.42 Å². The van der Waals surface area contributed by atoms with Crippen molar-refractivity contribution < 1.29 is 4.52 Å². The van der Waals surface area contributed by atoms with E-state index in [0.717, 1.165) is 37.6 Å². The van der Waals surface area contributed by atoms with Crippen molar-refractivity contribution in [1.82, 2.24) is 15.5 Å². The summed E-state index contributed by atoms with van der Waals surface area (Å²) in [5.41, 5.74) is 0. The fourth-order valence-electron chi connectivity index (χ4n) is 1.44. The van der Waals surface area contributed by atoms with Gasteiger partial charge in [-0.1, -0.05) is 12.1 Å². The van der Waals surface area contributed by atoms with Crippen molar-refractivity contribution in [2.45, 2.75) is 25.7 Å². The van der Waals surface area contributed by atoms with E-state index in [1.54, 1.807) is 0 Å². The van der Waals surface area contributed by atoms with Gasteiger partial charge in [-0.05, 0) is 13.0 Å². The number of aryl methyl sites for hydroxylation is 1. The van der Waals surface area contributed by atoms with Gasteiger partial charge >= 0.3 is 0 Å². The van der Waals surface area contributed by atoms with Crippen LogP contribution >= 0.6 is 0 Å². The van der Waals surface area contributed by atoms with Crippen LogP contribution in [0.4, 0.5) is 0 Å². The first kappa shape index (κ1) is 7.73. The summed E-state index contributed by atoms with van der Waals surface area (Å²) in [5, 5.41) is 7.14. The Balaban J connectivity index is 2.11. The Morgan fingerprint density at radius 3 is 3.17 bits per heavy atom. The fourth-order valence-corrected chi connectivity index (χ4v) is 1.44. The van der Waals surface area contributed by atoms with Crippen LogP contribution in [0.5, 0.6) is 0 Å². The summed E-state index contributed by atoms with van der Waals surface area (Å²) in [5.74, 6) is 2.06. The van der Waals surface area contributed by atoms with Crippen LogP contribution < -0.4 is 5.32 Å². The first-order chi connectivity index (χ1) is 5.90. The highest BCUT2D eigenvalue weighted by atomic mass is 16.5. The average molecular weight is 167 g/mol. The zero-order valence-electron chi connectivity index (χ0n) is 7.21. The molecule has 0 aliphatic carbocycles. The lowest BCUT2D eigenvalue weighted by molar-refractivity contribution is 0.355. The van der Waals surface area contributed by atoms with E-state index < -0.39 is 0 Å². The van der Waals surface area contributed by atoms with Gasteiger partial charge in [0.05, 0.1) is 5.92 Å². The molecule has 66 valence electrons. The van der Waals surface area contributed by atoms with Gasteiger partial charge in [0.25, 0.3) is 0 Å². The molecule has 0 bridgehead atoms. The van der Waals surface area contributed by atoms with E-state index in [9.17, 15) is 0 Å². The summed E-state index contributed by atoms with van der Waals surface area (Å²) in [6.07, 6.45) is 1.97. The van der Waals surface area contributed by atoms with E-state index in [4.69, 9.17) is 4.52 Å². The van der Waals surface area contributed by atoms with Crippen LogP contribution in [0.15, 0.2) is 4.52 Å². The third-order valence-electron chi connectivity index (χ3n) is 2.21. The Morgan fingerprint density at radius 2 is 2.58 bits per heavy atom. The fraction of sp³-hybridized carbons (Fsp3) is 0.750. The second-order valence-corrected chi connectivity index (χ2v) is 3.09. The molecular weight excluding hydrogens is 154 g/mol. The van der Waals surface area contributed by atoms with Gasteiger partial charge in [-0.3, -0.25) is 0 Å². The summed E-state index contributed by atoms with van der Waals surface area (Å²) in [6, 6.07) is 0. The van der Waals surface area contributed by atoms with Gasteiger partial charge in [0, 0.05) is 13.0 Å². The Morgan fingerprint density at radius 1 is 1.67 bits per heavy atom. The molecule has 0 amide bonds. The van der Waals surface area contributed by atoms with Crippen molar-refractivity contribution in [2.24, 2.45) is 0 Å². The zero-order chi connectivity index (χ0) is 8.39. The molecule has 1 aliphatic heterocycles. The minimum atomic E-state index is 0.442. The summed E-state index contributed by atoms with van der Waals surface area (Å²) in [6.45, 7) is 4.07. The number of aromatic nitrogens is 2. The highest BCUT2D eigenvalue weighted by Gasteiger charge is 2.22. The van der Waals surface area contributed by atoms with E-state index in [2.05, 4.69) is 15.5 Å². The van der Waals surface area contributed by atoms with Gasteiger partial charge < -0.3 is 9.84 Å². The maximum absolute atomic E-state index is 5.14. The van der Waals surface area contributed by atoms with Crippen molar-refractivity contribution in [3.05, 3.63) is 11.7 Å². The minimum Gasteiger partial charge on any atom is -0.339 e. The molecule has 1 saturated heterocycles. The molecule has 1 aliphatic rings. The van der Waals surface area contributed by atoms with Gasteiger partial charge in [0.1, 0.15) is 0 Å². The molecule has 1 N–H and O–H groups in total. The second-order valence-electron chi connectivity index (χ2n) is 3.09. The Hall–Kier alpha value is -0.900. The van der Waals surface area contributed by atoms with Crippen molar-refractivity contribution >= 4 is 0 Å². The monoisotopic (exact) mass is 167 g/mol. The van der Waals surface area contributed by atoms with Gasteiger partial charge in [-0.25, -0.2) is 0 Å². The number of nitrogens with zero attached hydrogens (tertiary/aromatic N) is 2. The summed E-state index contributed by atoms with van der Waals surface area (Å²) in [4.78, 5) is 4.29. The smallest absolute Gasteiger partial charge is 0.231 e. The molecular formula is C8H13N3O. The molecule has 2 rings (SSSR count). The molecule has 0 radical (unpaired) electrons. The van der Waals surface area contributed by atoms with Gasteiger partial charge in [0.15, 0.2) is 5.82 Å². The molecule has 1 atom stereocenters. The standard InChI is InChI=1S/C8H13N3O/c1-2-7-10-8(12-11-7)6-3-4-9-5-6/h6,9H,2-5H2,1H3/t6-/m1/s1. The second kappa shape index (κ2) is 3.23. The maximum atomic E-state index is 5.14. The first-order valence-corrected chi connectivity index (χ1v) is 4.43. The minimum absolute atomic E-state index is 0.442. The van der Waals surface area contributed by atoms with Crippen LogP contribution in [0.25, 0.3) is 0 Å². The third kappa shape index (κ3) is 1.34. The molecule has 4 nitrogen and oxygen atoms in total. The molecule has 0 spiro atoms.